The predicted molar refractivity (Wildman–Crippen MR) is 75.7 cm³/mol. The van der Waals surface area contributed by atoms with E-state index in [1.165, 1.54) is 24.8 Å². The molecule has 0 bridgehead atoms. The molecule has 1 aliphatic heterocycles. The quantitative estimate of drug-likeness (QED) is 0.903. The average Bonchev–Trinajstić information content (AvgIpc) is 3.25. The maximum Gasteiger partial charge on any atom is 0.161 e. The van der Waals surface area contributed by atoms with Crippen LogP contribution in [0.2, 0.25) is 0 Å². The summed E-state index contributed by atoms with van der Waals surface area (Å²) in [5, 5.41) is 3.42. The number of fused-ring (bicyclic) bond motifs is 1. The van der Waals surface area contributed by atoms with Crippen LogP contribution in [0, 0.1) is 11.8 Å². The van der Waals surface area contributed by atoms with Gasteiger partial charge in [0.25, 0.3) is 0 Å². The second kappa shape index (κ2) is 5.41. The van der Waals surface area contributed by atoms with Gasteiger partial charge in [-0.15, -0.1) is 0 Å². The van der Waals surface area contributed by atoms with E-state index in [2.05, 4.69) is 30.4 Å². The highest BCUT2D eigenvalue weighted by Gasteiger charge is 2.26. The minimum atomic E-state index is 0.432. The first-order chi connectivity index (χ1) is 9.26. The third kappa shape index (κ3) is 3.03. The van der Waals surface area contributed by atoms with Crippen LogP contribution in [0.3, 0.4) is 0 Å². The first kappa shape index (κ1) is 12.8. The zero-order chi connectivity index (χ0) is 13.2. The van der Waals surface area contributed by atoms with E-state index in [9.17, 15) is 0 Å². The van der Waals surface area contributed by atoms with Crippen molar-refractivity contribution < 1.29 is 9.47 Å². The van der Waals surface area contributed by atoms with Crippen molar-refractivity contribution in [3.63, 3.8) is 0 Å². The van der Waals surface area contributed by atoms with E-state index in [0.717, 1.165) is 30.6 Å². The molecule has 1 heterocycles. The molecule has 0 aromatic heterocycles. The van der Waals surface area contributed by atoms with Crippen molar-refractivity contribution in [3.8, 4) is 11.5 Å². The summed E-state index contributed by atoms with van der Waals surface area (Å²) in [6.07, 6.45) is 4.01. The lowest BCUT2D eigenvalue weighted by atomic mass is 10.0. The predicted octanol–water partition coefficient (Wildman–Crippen LogP) is 3.15. The molecule has 104 valence electrons. The fraction of sp³-hybridized carbons (Fsp3) is 0.625. The molecule has 19 heavy (non-hydrogen) atoms. The second-order valence-corrected chi connectivity index (χ2v) is 5.95. The first-order valence-electron chi connectivity index (χ1n) is 7.33. The smallest absolute Gasteiger partial charge is 0.161 e. The van der Waals surface area contributed by atoms with Gasteiger partial charge in [-0.25, -0.2) is 0 Å². The van der Waals surface area contributed by atoms with E-state index in [1.807, 2.05) is 7.05 Å². The summed E-state index contributed by atoms with van der Waals surface area (Å²) in [6.45, 7) is 3.63. The van der Waals surface area contributed by atoms with Crippen molar-refractivity contribution in [1.29, 1.82) is 0 Å². The Hall–Kier alpha value is -1.22. The molecule has 0 spiro atoms. The molecule has 1 aromatic rings. The fourth-order valence-corrected chi connectivity index (χ4v) is 2.59. The van der Waals surface area contributed by atoms with Crippen molar-refractivity contribution in [1.82, 2.24) is 5.32 Å². The highest BCUT2D eigenvalue weighted by Crippen LogP contribution is 2.39. The Kier molecular flexibility index (Phi) is 3.65. The highest BCUT2D eigenvalue weighted by atomic mass is 16.5. The summed E-state index contributed by atoms with van der Waals surface area (Å²) in [4.78, 5) is 0. The summed E-state index contributed by atoms with van der Waals surface area (Å²) in [5.41, 5.74) is 1.31. The van der Waals surface area contributed by atoms with Gasteiger partial charge in [0.1, 0.15) is 0 Å². The van der Waals surface area contributed by atoms with Crippen LogP contribution >= 0.6 is 0 Å². The van der Waals surface area contributed by atoms with Crippen LogP contribution in [0.25, 0.3) is 0 Å². The summed E-state index contributed by atoms with van der Waals surface area (Å²) in [7, 11) is 2.04. The van der Waals surface area contributed by atoms with Crippen LogP contribution < -0.4 is 14.8 Å². The van der Waals surface area contributed by atoms with E-state index in [-0.39, 0.29) is 0 Å². The van der Waals surface area contributed by atoms with Crippen LogP contribution in [0.5, 0.6) is 11.5 Å². The van der Waals surface area contributed by atoms with Gasteiger partial charge in [-0.05, 0) is 37.1 Å². The summed E-state index contributed by atoms with van der Waals surface area (Å²) in [6, 6.07) is 6.81. The Morgan fingerprint density at radius 3 is 2.63 bits per heavy atom. The van der Waals surface area contributed by atoms with Gasteiger partial charge in [-0.1, -0.05) is 25.8 Å². The van der Waals surface area contributed by atoms with Gasteiger partial charge in [-0.2, -0.15) is 0 Å². The molecule has 0 saturated heterocycles. The average molecular weight is 261 g/mol. The number of benzene rings is 1. The zero-order valence-electron chi connectivity index (χ0n) is 11.8. The second-order valence-electron chi connectivity index (χ2n) is 5.95. The molecule has 0 amide bonds. The van der Waals surface area contributed by atoms with Gasteiger partial charge in [0, 0.05) is 12.0 Å². The van der Waals surface area contributed by atoms with Crippen LogP contribution in [-0.2, 0) is 0 Å². The molecule has 3 nitrogen and oxygen atoms in total. The standard InChI is InChI=1S/C16H23NO2/c1-11-9-18-15-6-5-13(8-16(15)19-10-11)14(17-2)7-12-3-4-12/h5-6,8,11-12,14,17H,3-4,7,9-10H2,1-2H3. The van der Waals surface area contributed by atoms with Gasteiger partial charge in [0.15, 0.2) is 11.5 Å². The van der Waals surface area contributed by atoms with Crippen LogP contribution in [0.1, 0.15) is 37.8 Å². The van der Waals surface area contributed by atoms with Crippen LogP contribution in [0.15, 0.2) is 18.2 Å². The van der Waals surface area contributed by atoms with E-state index in [4.69, 9.17) is 9.47 Å². The summed E-state index contributed by atoms with van der Waals surface area (Å²) >= 11 is 0. The molecule has 3 heteroatoms. The van der Waals surface area contributed by atoms with E-state index in [0.29, 0.717) is 12.0 Å². The third-order valence-corrected chi connectivity index (χ3v) is 4.03. The number of nitrogens with one attached hydrogen (secondary N) is 1. The molecule has 0 radical (unpaired) electrons. The normalized spacial score (nSPS) is 23.8. The molecule has 3 rings (SSSR count). The molecule has 1 N–H and O–H groups in total. The molecule has 1 fully saturated rings. The van der Waals surface area contributed by atoms with Crippen molar-refractivity contribution in [2.75, 3.05) is 20.3 Å². The maximum absolute atomic E-state index is 5.86. The zero-order valence-corrected chi connectivity index (χ0v) is 11.8. The highest BCUT2D eigenvalue weighted by molar-refractivity contribution is 5.44. The minimum Gasteiger partial charge on any atom is -0.489 e. The Morgan fingerprint density at radius 2 is 1.95 bits per heavy atom. The monoisotopic (exact) mass is 261 g/mol. The summed E-state index contributed by atoms with van der Waals surface area (Å²) in [5.74, 6) is 3.14. The Bertz CT molecular complexity index is 442. The van der Waals surface area contributed by atoms with E-state index < -0.39 is 0 Å². The first-order valence-corrected chi connectivity index (χ1v) is 7.33. The Balaban J connectivity index is 1.79. The minimum absolute atomic E-state index is 0.432. The van der Waals surface area contributed by atoms with E-state index >= 15 is 0 Å². The number of rotatable bonds is 4. The number of ether oxygens (including phenoxy) is 2. The lowest BCUT2D eigenvalue weighted by Gasteiger charge is -2.18. The van der Waals surface area contributed by atoms with Gasteiger partial charge < -0.3 is 14.8 Å². The SMILES string of the molecule is CNC(CC1CC1)c1ccc2c(c1)OCC(C)CO2. The van der Waals surface area contributed by atoms with Gasteiger partial charge in [0.05, 0.1) is 13.2 Å². The largest absolute Gasteiger partial charge is 0.489 e. The van der Waals surface area contributed by atoms with Crippen molar-refractivity contribution in [3.05, 3.63) is 23.8 Å². The molecule has 1 saturated carbocycles. The maximum atomic E-state index is 5.86. The van der Waals surface area contributed by atoms with Gasteiger partial charge >= 0.3 is 0 Å². The molecular formula is C16H23NO2. The third-order valence-electron chi connectivity index (χ3n) is 4.03. The van der Waals surface area contributed by atoms with Gasteiger partial charge in [0.2, 0.25) is 0 Å². The molecule has 1 aromatic carbocycles. The molecule has 2 atom stereocenters. The summed E-state index contributed by atoms with van der Waals surface area (Å²) < 4.78 is 11.6. The van der Waals surface area contributed by atoms with Gasteiger partial charge in [-0.3, -0.25) is 0 Å². The Morgan fingerprint density at radius 1 is 1.21 bits per heavy atom. The molecule has 2 aliphatic rings. The van der Waals surface area contributed by atoms with E-state index in [1.54, 1.807) is 0 Å². The molecule has 1 aliphatic carbocycles. The number of hydrogen-bond donors (Lipinski definition) is 1. The Labute approximate surface area is 115 Å². The van der Waals surface area contributed by atoms with Crippen LogP contribution in [-0.4, -0.2) is 20.3 Å². The lowest BCUT2D eigenvalue weighted by molar-refractivity contribution is 0.228. The number of hydrogen-bond acceptors (Lipinski definition) is 3. The molecular weight excluding hydrogens is 238 g/mol. The topological polar surface area (TPSA) is 30.5 Å². The van der Waals surface area contributed by atoms with Crippen molar-refractivity contribution in [2.24, 2.45) is 11.8 Å². The van der Waals surface area contributed by atoms with Crippen LogP contribution in [0.4, 0.5) is 0 Å². The lowest BCUT2D eigenvalue weighted by Crippen LogP contribution is -2.17. The molecule has 2 unspecified atom stereocenters. The van der Waals surface area contributed by atoms with Crippen molar-refractivity contribution >= 4 is 0 Å². The fourth-order valence-electron chi connectivity index (χ4n) is 2.59. The van der Waals surface area contributed by atoms with Crippen molar-refractivity contribution in [2.45, 2.75) is 32.2 Å².